The largest absolute Gasteiger partial charge is 0.294 e. The lowest BCUT2D eigenvalue weighted by molar-refractivity contribution is -0.384. The molecule has 0 fully saturated rings. The number of ketones is 2. The molecule has 0 aliphatic carbocycles. The van der Waals surface area contributed by atoms with Crippen LogP contribution in [0.4, 0.5) is 5.69 Å². The third kappa shape index (κ3) is 4.76. The van der Waals surface area contributed by atoms with Gasteiger partial charge in [-0.05, 0) is 11.5 Å². The van der Waals surface area contributed by atoms with E-state index in [1.54, 1.807) is 60.7 Å². The average molecular weight is 373 g/mol. The van der Waals surface area contributed by atoms with Gasteiger partial charge in [-0.15, -0.1) is 0 Å². The van der Waals surface area contributed by atoms with Crippen molar-refractivity contribution < 1.29 is 14.5 Å². The Balaban J connectivity index is 1.85. The zero-order chi connectivity index (χ0) is 19.9. The highest BCUT2D eigenvalue weighted by Gasteiger charge is 2.22. The first-order valence-corrected chi connectivity index (χ1v) is 8.95. The summed E-state index contributed by atoms with van der Waals surface area (Å²) in [4.78, 5) is 35.8. The number of hydrogen-bond acceptors (Lipinski definition) is 4. The van der Waals surface area contributed by atoms with Crippen molar-refractivity contribution >= 4 is 17.3 Å². The van der Waals surface area contributed by atoms with Crippen molar-refractivity contribution in [3.05, 3.63) is 112 Å². The molecule has 140 valence electrons. The van der Waals surface area contributed by atoms with Crippen LogP contribution in [-0.4, -0.2) is 16.5 Å². The highest BCUT2D eigenvalue weighted by atomic mass is 16.6. The van der Waals surface area contributed by atoms with Gasteiger partial charge in [-0.3, -0.25) is 19.7 Å². The van der Waals surface area contributed by atoms with Gasteiger partial charge in [0.1, 0.15) is 0 Å². The number of non-ortho nitro benzene ring substituents is 1. The van der Waals surface area contributed by atoms with Gasteiger partial charge >= 0.3 is 0 Å². The summed E-state index contributed by atoms with van der Waals surface area (Å²) in [6.45, 7) is 0. The van der Waals surface area contributed by atoms with Crippen LogP contribution in [0.1, 0.15) is 45.0 Å². The normalized spacial score (nSPS) is 10.6. The predicted octanol–water partition coefficient (Wildman–Crippen LogP) is 5.22. The Kier molecular flexibility index (Phi) is 6.07. The Labute approximate surface area is 162 Å². The number of Topliss-reactive ketones (excluding diaryl/α,β-unsaturated/α-hetero) is 2. The number of nitrogens with zero attached hydrogens (tertiary/aromatic N) is 1. The van der Waals surface area contributed by atoms with Crippen LogP contribution >= 0.6 is 0 Å². The minimum atomic E-state index is -0.469. The molecule has 5 heteroatoms. The van der Waals surface area contributed by atoms with E-state index in [0.29, 0.717) is 11.1 Å². The van der Waals surface area contributed by atoms with Crippen molar-refractivity contribution in [3.8, 4) is 0 Å². The second kappa shape index (κ2) is 8.86. The third-order valence-electron chi connectivity index (χ3n) is 4.63. The van der Waals surface area contributed by atoms with E-state index in [1.807, 2.05) is 12.1 Å². The van der Waals surface area contributed by atoms with Gasteiger partial charge in [0.25, 0.3) is 5.69 Å². The monoisotopic (exact) mass is 373 g/mol. The summed E-state index contributed by atoms with van der Waals surface area (Å²) < 4.78 is 0. The molecule has 0 saturated carbocycles. The molecule has 0 aromatic heterocycles. The van der Waals surface area contributed by atoms with E-state index in [1.165, 1.54) is 12.1 Å². The molecule has 0 bridgehead atoms. The van der Waals surface area contributed by atoms with Crippen molar-refractivity contribution in [1.29, 1.82) is 0 Å². The van der Waals surface area contributed by atoms with Gasteiger partial charge in [-0.25, -0.2) is 0 Å². The molecule has 3 rings (SSSR count). The summed E-state index contributed by atoms with van der Waals surface area (Å²) >= 11 is 0. The lowest BCUT2D eigenvalue weighted by Gasteiger charge is -2.16. The third-order valence-corrected chi connectivity index (χ3v) is 4.63. The molecule has 0 aliphatic heterocycles. The summed E-state index contributed by atoms with van der Waals surface area (Å²) in [6, 6.07) is 23.9. The van der Waals surface area contributed by atoms with Gasteiger partial charge in [0, 0.05) is 36.1 Å². The van der Waals surface area contributed by atoms with Crippen molar-refractivity contribution in [1.82, 2.24) is 0 Å². The van der Waals surface area contributed by atoms with Gasteiger partial charge in [0.2, 0.25) is 0 Å². The topological polar surface area (TPSA) is 77.3 Å². The highest BCUT2D eigenvalue weighted by Crippen LogP contribution is 2.28. The molecule has 0 heterocycles. The van der Waals surface area contributed by atoms with Crippen molar-refractivity contribution in [2.75, 3.05) is 0 Å². The van der Waals surface area contributed by atoms with E-state index in [2.05, 4.69) is 0 Å². The van der Waals surface area contributed by atoms with Gasteiger partial charge in [0.15, 0.2) is 11.6 Å². The zero-order valence-corrected chi connectivity index (χ0v) is 15.2. The molecule has 3 aromatic rings. The van der Waals surface area contributed by atoms with Gasteiger partial charge in [0.05, 0.1) is 4.92 Å². The van der Waals surface area contributed by atoms with Gasteiger partial charge in [-0.2, -0.15) is 0 Å². The minimum absolute atomic E-state index is 0.0220. The molecule has 28 heavy (non-hydrogen) atoms. The number of carbonyl (C=O) groups excluding carboxylic acids is 2. The fraction of sp³-hybridized carbons (Fsp3) is 0.130. The Bertz CT molecular complexity index is 913. The summed E-state index contributed by atoms with van der Waals surface area (Å²) in [7, 11) is 0. The summed E-state index contributed by atoms with van der Waals surface area (Å²) in [6.07, 6.45) is 0.306. The molecule has 0 aliphatic rings. The Morgan fingerprint density at radius 1 is 0.714 bits per heavy atom. The minimum Gasteiger partial charge on any atom is -0.294 e. The zero-order valence-electron chi connectivity index (χ0n) is 15.2. The Morgan fingerprint density at radius 2 is 1.14 bits per heavy atom. The molecule has 0 unspecified atom stereocenters. The number of nitro groups is 1. The van der Waals surface area contributed by atoms with Crippen LogP contribution in [-0.2, 0) is 0 Å². The fourth-order valence-electron chi connectivity index (χ4n) is 3.11. The molecule has 0 amide bonds. The van der Waals surface area contributed by atoms with Crippen LogP contribution in [0.3, 0.4) is 0 Å². The maximum absolute atomic E-state index is 12.7. The average Bonchev–Trinajstić information content (AvgIpc) is 2.74. The van der Waals surface area contributed by atoms with Crippen molar-refractivity contribution in [2.45, 2.75) is 18.8 Å². The SMILES string of the molecule is O=C(CC(CC(=O)c1ccccc1)c1ccc([N+](=O)[O-])cc1)c1ccccc1. The molecular formula is C23H19NO4. The lowest BCUT2D eigenvalue weighted by atomic mass is 9.86. The van der Waals surface area contributed by atoms with E-state index < -0.39 is 4.92 Å². The molecule has 0 saturated heterocycles. The molecule has 0 radical (unpaired) electrons. The summed E-state index contributed by atoms with van der Waals surface area (Å²) in [5.41, 5.74) is 1.88. The highest BCUT2D eigenvalue weighted by molar-refractivity contribution is 5.99. The molecule has 0 N–H and O–H groups in total. The number of carbonyl (C=O) groups is 2. The predicted molar refractivity (Wildman–Crippen MR) is 107 cm³/mol. The quantitative estimate of drug-likeness (QED) is 0.308. The van der Waals surface area contributed by atoms with E-state index in [-0.39, 0.29) is 36.0 Å². The van der Waals surface area contributed by atoms with E-state index >= 15 is 0 Å². The van der Waals surface area contributed by atoms with Crippen LogP contribution in [0.5, 0.6) is 0 Å². The molecule has 0 atom stereocenters. The second-order valence-electron chi connectivity index (χ2n) is 6.53. The Hall–Kier alpha value is -3.60. The van der Waals surface area contributed by atoms with Crippen LogP contribution < -0.4 is 0 Å². The fourth-order valence-corrected chi connectivity index (χ4v) is 3.11. The number of nitro benzene ring substituents is 1. The lowest BCUT2D eigenvalue weighted by Crippen LogP contribution is -2.13. The molecule has 3 aromatic carbocycles. The maximum atomic E-state index is 12.7. The van der Waals surface area contributed by atoms with Crippen LogP contribution in [0.15, 0.2) is 84.9 Å². The number of benzene rings is 3. The Morgan fingerprint density at radius 3 is 1.54 bits per heavy atom. The smallest absolute Gasteiger partial charge is 0.269 e. The van der Waals surface area contributed by atoms with E-state index in [9.17, 15) is 19.7 Å². The summed E-state index contributed by atoms with van der Waals surface area (Å²) in [5.74, 6) is -0.490. The van der Waals surface area contributed by atoms with Gasteiger partial charge < -0.3 is 0 Å². The van der Waals surface area contributed by atoms with Gasteiger partial charge in [-0.1, -0.05) is 72.8 Å². The molecule has 5 nitrogen and oxygen atoms in total. The molecule has 0 spiro atoms. The second-order valence-corrected chi connectivity index (χ2v) is 6.53. The van der Waals surface area contributed by atoms with Crippen LogP contribution in [0, 0.1) is 10.1 Å². The summed E-state index contributed by atoms with van der Waals surface area (Å²) in [5, 5.41) is 10.9. The first-order chi connectivity index (χ1) is 13.5. The molecular weight excluding hydrogens is 354 g/mol. The maximum Gasteiger partial charge on any atom is 0.269 e. The first-order valence-electron chi connectivity index (χ1n) is 8.95. The van der Waals surface area contributed by atoms with E-state index in [0.717, 1.165) is 5.56 Å². The standard InChI is InChI=1S/C23H19NO4/c25-22(18-7-3-1-4-8-18)15-20(16-23(26)19-9-5-2-6-10-19)17-11-13-21(14-12-17)24(27)28/h1-14,20H,15-16H2. The first kappa shape index (κ1) is 19.2. The van der Waals surface area contributed by atoms with Crippen LogP contribution in [0.25, 0.3) is 0 Å². The van der Waals surface area contributed by atoms with E-state index in [4.69, 9.17) is 0 Å². The number of rotatable bonds is 8. The van der Waals surface area contributed by atoms with Crippen molar-refractivity contribution in [3.63, 3.8) is 0 Å². The van der Waals surface area contributed by atoms with Crippen molar-refractivity contribution in [2.24, 2.45) is 0 Å². The number of hydrogen-bond donors (Lipinski definition) is 0. The van der Waals surface area contributed by atoms with Crippen LogP contribution in [0.2, 0.25) is 0 Å².